The Morgan fingerprint density at radius 1 is 1.11 bits per heavy atom. The Morgan fingerprint density at radius 2 is 1.79 bits per heavy atom. The van der Waals surface area contributed by atoms with Crippen LogP contribution in [0.25, 0.3) is 0 Å². The fraction of sp³-hybridized carbons (Fsp3) is 0.381. The molecule has 154 valence electrons. The second kappa shape index (κ2) is 13.7. The average molecular weight is 515 g/mol. The molecule has 0 saturated heterocycles. The molecule has 0 aromatic heterocycles. The zero-order valence-corrected chi connectivity index (χ0v) is 19.7. The third-order valence-electron chi connectivity index (χ3n) is 3.90. The number of aliphatic hydroxyl groups excluding tert-OH is 1. The number of guanidine groups is 1. The van der Waals surface area contributed by atoms with Crippen LogP contribution in [-0.4, -0.2) is 43.1 Å². The van der Waals surface area contributed by atoms with Gasteiger partial charge in [-0.25, -0.2) is 0 Å². The molecule has 0 saturated carbocycles. The molecule has 2 atom stereocenters. The van der Waals surface area contributed by atoms with Crippen molar-refractivity contribution in [3.8, 4) is 5.75 Å². The van der Waals surface area contributed by atoms with Crippen molar-refractivity contribution in [2.45, 2.75) is 30.1 Å². The van der Waals surface area contributed by atoms with Crippen LogP contribution < -0.4 is 15.4 Å². The van der Waals surface area contributed by atoms with E-state index in [1.165, 1.54) is 4.90 Å². The maximum atomic E-state index is 10.4. The number of thioether (sulfide) groups is 1. The number of aliphatic hydroxyl groups is 1. The summed E-state index contributed by atoms with van der Waals surface area (Å²) in [5.41, 5.74) is 0.823. The predicted molar refractivity (Wildman–Crippen MR) is 129 cm³/mol. The quantitative estimate of drug-likeness (QED) is 0.203. The molecule has 0 spiro atoms. The third kappa shape index (κ3) is 8.70. The van der Waals surface area contributed by atoms with Crippen molar-refractivity contribution >= 4 is 41.7 Å². The van der Waals surface area contributed by atoms with Crippen LogP contribution in [0.3, 0.4) is 0 Å². The molecule has 0 fully saturated rings. The number of hydrogen-bond donors (Lipinski definition) is 3. The largest absolute Gasteiger partial charge is 0.497 e. The molecule has 0 heterocycles. The molecule has 2 unspecified atom stereocenters. The molecule has 2 aromatic carbocycles. The van der Waals surface area contributed by atoms with Crippen LogP contribution in [0.15, 0.2) is 64.5 Å². The molecule has 2 aromatic rings. The van der Waals surface area contributed by atoms with Crippen molar-refractivity contribution in [1.82, 2.24) is 10.6 Å². The summed E-state index contributed by atoms with van der Waals surface area (Å²) in [5, 5.41) is 17.3. The molecule has 28 heavy (non-hydrogen) atoms. The lowest BCUT2D eigenvalue weighted by atomic mass is 10.1. The Morgan fingerprint density at radius 3 is 2.39 bits per heavy atom. The molecule has 0 aliphatic heterocycles. The van der Waals surface area contributed by atoms with E-state index >= 15 is 0 Å². The minimum absolute atomic E-state index is 0. The number of benzene rings is 2. The number of rotatable bonds is 9. The zero-order valence-electron chi connectivity index (χ0n) is 16.6. The zero-order chi connectivity index (χ0) is 19.5. The lowest BCUT2D eigenvalue weighted by Gasteiger charge is -2.16. The van der Waals surface area contributed by atoms with Gasteiger partial charge in [0.25, 0.3) is 0 Å². The Labute approximate surface area is 189 Å². The first-order valence-electron chi connectivity index (χ1n) is 9.18. The number of methoxy groups -OCH3 is 1. The maximum Gasteiger partial charge on any atom is 0.191 e. The van der Waals surface area contributed by atoms with Gasteiger partial charge >= 0.3 is 0 Å². The van der Waals surface area contributed by atoms with Gasteiger partial charge in [-0.15, -0.1) is 35.7 Å². The van der Waals surface area contributed by atoms with Crippen LogP contribution in [0.2, 0.25) is 0 Å². The van der Waals surface area contributed by atoms with Gasteiger partial charge in [0.2, 0.25) is 0 Å². The summed E-state index contributed by atoms with van der Waals surface area (Å²) in [4.78, 5) is 5.77. The van der Waals surface area contributed by atoms with Crippen LogP contribution in [0.4, 0.5) is 0 Å². The molecule has 3 N–H and O–H groups in total. The van der Waals surface area contributed by atoms with Crippen molar-refractivity contribution in [2.75, 3.05) is 26.7 Å². The van der Waals surface area contributed by atoms with E-state index in [1.54, 1.807) is 7.11 Å². The molecule has 0 aliphatic carbocycles. The number of aliphatic imine (C=N–C) groups is 1. The monoisotopic (exact) mass is 515 g/mol. The lowest BCUT2D eigenvalue weighted by Crippen LogP contribution is -2.40. The van der Waals surface area contributed by atoms with E-state index in [-0.39, 0.29) is 24.0 Å². The summed E-state index contributed by atoms with van der Waals surface area (Å²) in [6.45, 7) is 6.05. The van der Waals surface area contributed by atoms with Crippen LogP contribution in [0, 0.1) is 0 Å². The average Bonchev–Trinajstić information content (AvgIpc) is 2.70. The van der Waals surface area contributed by atoms with E-state index in [0.29, 0.717) is 17.8 Å². The smallest absolute Gasteiger partial charge is 0.191 e. The van der Waals surface area contributed by atoms with Gasteiger partial charge in [-0.05, 0) is 36.8 Å². The van der Waals surface area contributed by atoms with Gasteiger partial charge in [-0.3, -0.25) is 4.99 Å². The maximum absolute atomic E-state index is 10.4. The molecular weight excluding hydrogens is 485 g/mol. The van der Waals surface area contributed by atoms with Crippen molar-refractivity contribution in [3.05, 3.63) is 60.2 Å². The van der Waals surface area contributed by atoms with Gasteiger partial charge in [0, 0.05) is 23.2 Å². The fourth-order valence-corrected chi connectivity index (χ4v) is 3.41. The molecule has 0 radical (unpaired) electrons. The van der Waals surface area contributed by atoms with Crippen molar-refractivity contribution in [2.24, 2.45) is 4.99 Å². The van der Waals surface area contributed by atoms with E-state index in [9.17, 15) is 5.11 Å². The first kappa shape index (κ1) is 24.6. The third-order valence-corrected chi connectivity index (χ3v) is 5.02. The summed E-state index contributed by atoms with van der Waals surface area (Å²) in [6.07, 6.45) is -0.650. The Hall–Kier alpha value is -1.45. The Bertz CT molecular complexity index is 699. The lowest BCUT2D eigenvalue weighted by molar-refractivity contribution is 0.187. The standard InChI is InChI=1S/C21H29N3O2S.HI/c1-4-22-21(23-14-16(2)27-19-8-6-5-7-9-19)24-15-20(25)17-10-12-18(26-3)13-11-17;/h5-13,16,20,25H,4,14-15H2,1-3H3,(H2,22,23,24);1H. The van der Waals surface area contributed by atoms with Crippen molar-refractivity contribution in [1.29, 1.82) is 0 Å². The summed E-state index contributed by atoms with van der Waals surface area (Å²) in [7, 11) is 1.63. The minimum atomic E-state index is -0.650. The van der Waals surface area contributed by atoms with Gasteiger partial charge in [-0.2, -0.15) is 0 Å². The van der Waals surface area contributed by atoms with Crippen LogP contribution >= 0.6 is 35.7 Å². The highest BCUT2D eigenvalue weighted by Gasteiger charge is 2.09. The number of hydrogen-bond acceptors (Lipinski definition) is 4. The fourth-order valence-electron chi connectivity index (χ4n) is 2.46. The van der Waals surface area contributed by atoms with Gasteiger partial charge in [0.05, 0.1) is 19.8 Å². The van der Waals surface area contributed by atoms with Crippen LogP contribution in [-0.2, 0) is 0 Å². The molecule has 5 nitrogen and oxygen atoms in total. The van der Waals surface area contributed by atoms with Crippen LogP contribution in [0.5, 0.6) is 5.75 Å². The summed E-state index contributed by atoms with van der Waals surface area (Å²) >= 11 is 1.82. The summed E-state index contributed by atoms with van der Waals surface area (Å²) in [5.74, 6) is 1.49. The molecule has 0 amide bonds. The number of nitrogens with zero attached hydrogens (tertiary/aromatic N) is 1. The number of ether oxygens (including phenoxy) is 1. The highest BCUT2D eigenvalue weighted by atomic mass is 127. The number of nitrogens with one attached hydrogen (secondary N) is 2. The molecule has 2 rings (SSSR count). The van der Waals surface area contributed by atoms with E-state index < -0.39 is 6.10 Å². The van der Waals surface area contributed by atoms with Gasteiger partial charge in [-0.1, -0.05) is 37.3 Å². The Balaban J connectivity index is 0.00000392. The second-order valence-corrected chi connectivity index (χ2v) is 7.64. The molecule has 0 bridgehead atoms. The van der Waals surface area contributed by atoms with Crippen molar-refractivity contribution in [3.63, 3.8) is 0 Å². The second-order valence-electron chi connectivity index (χ2n) is 6.13. The first-order valence-corrected chi connectivity index (χ1v) is 10.1. The summed E-state index contributed by atoms with van der Waals surface area (Å²) in [6, 6.07) is 17.8. The van der Waals surface area contributed by atoms with E-state index in [0.717, 1.165) is 24.4 Å². The number of halogens is 1. The van der Waals surface area contributed by atoms with Gasteiger partial charge in [0.15, 0.2) is 5.96 Å². The first-order chi connectivity index (χ1) is 13.1. The summed E-state index contributed by atoms with van der Waals surface area (Å²) < 4.78 is 5.14. The highest BCUT2D eigenvalue weighted by Crippen LogP contribution is 2.22. The SMILES string of the molecule is CCNC(=NCC(O)c1ccc(OC)cc1)NCC(C)Sc1ccccc1.I. The van der Waals surface area contributed by atoms with E-state index in [1.807, 2.05) is 49.0 Å². The minimum Gasteiger partial charge on any atom is -0.497 e. The van der Waals surface area contributed by atoms with E-state index in [2.05, 4.69) is 46.8 Å². The molecule has 7 heteroatoms. The van der Waals surface area contributed by atoms with Gasteiger partial charge < -0.3 is 20.5 Å². The van der Waals surface area contributed by atoms with Crippen LogP contribution in [0.1, 0.15) is 25.5 Å². The Kier molecular flexibility index (Phi) is 12.0. The topological polar surface area (TPSA) is 65.9 Å². The molecule has 0 aliphatic rings. The molecular formula is C21H30IN3O2S. The van der Waals surface area contributed by atoms with Gasteiger partial charge in [0.1, 0.15) is 5.75 Å². The van der Waals surface area contributed by atoms with Crippen molar-refractivity contribution < 1.29 is 9.84 Å². The normalized spacial score (nSPS) is 13.2. The highest BCUT2D eigenvalue weighted by molar-refractivity contribution is 14.0. The predicted octanol–water partition coefficient (Wildman–Crippen LogP) is 4.08. The van der Waals surface area contributed by atoms with E-state index in [4.69, 9.17) is 4.74 Å².